The predicted octanol–water partition coefficient (Wildman–Crippen LogP) is 1.79. The molecule has 2 rings (SSSR count). The molecule has 0 amide bonds. The summed E-state index contributed by atoms with van der Waals surface area (Å²) in [6.07, 6.45) is 3.87. The second kappa shape index (κ2) is 5.57. The Kier molecular flexibility index (Phi) is 4.04. The van der Waals surface area contributed by atoms with E-state index in [1.165, 1.54) is 0 Å². The second-order valence-corrected chi connectivity index (χ2v) is 4.78. The number of aromatic nitrogens is 1. The van der Waals surface area contributed by atoms with E-state index in [0.29, 0.717) is 37.5 Å². The number of carbonyl (C=O) groups is 1. The molecule has 1 N–H and O–H groups in total. The van der Waals surface area contributed by atoms with Crippen LogP contribution < -0.4 is 4.74 Å². The number of methoxy groups -OCH3 is 1. The standard InChI is InChI=1S/C14H19NO4/c1-3-10-8-11(14(4-5-14)13(16)17)12(15-9-10)19-7-6-18-2/h8-9H,3-7H2,1-2H3,(H,16,17). The zero-order chi connectivity index (χ0) is 13.9. The summed E-state index contributed by atoms with van der Waals surface area (Å²) in [5, 5.41) is 9.41. The van der Waals surface area contributed by atoms with Crippen molar-refractivity contribution in [2.75, 3.05) is 20.3 Å². The fourth-order valence-corrected chi connectivity index (χ4v) is 2.09. The third-order valence-corrected chi connectivity index (χ3v) is 3.52. The molecule has 1 heterocycles. The van der Waals surface area contributed by atoms with Crippen molar-refractivity contribution in [2.24, 2.45) is 0 Å². The summed E-state index contributed by atoms with van der Waals surface area (Å²) in [4.78, 5) is 15.7. The Labute approximate surface area is 112 Å². The highest BCUT2D eigenvalue weighted by Gasteiger charge is 2.54. The molecule has 1 saturated carbocycles. The largest absolute Gasteiger partial charge is 0.481 e. The van der Waals surface area contributed by atoms with E-state index in [2.05, 4.69) is 4.98 Å². The molecular formula is C14H19NO4. The average Bonchev–Trinajstić information content (AvgIpc) is 3.21. The Morgan fingerprint density at radius 2 is 2.21 bits per heavy atom. The van der Waals surface area contributed by atoms with Crippen molar-refractivity contribution >= 4 is 5.97 Å². The molecule has 0 spiro atoms. The Balaban J connectivity index is 2.29. The van der Waals surface area contributed by atoms with Crippen molar-refractivity contribution in [1.29, 1.82) is 0 Å². The van der Waals surface area contributed by atoms with Crippen LogP contribution in [0, 0.1) is 0 Å². The van der Waals surface area contributed by atoms with Crippen molar-refractivity contribution < 1.29 is 19.4 Å². The molecule has 104 valence electrons. The molecule has 0 atom stereocenters. The first-order valence-corrected chi connectivity index (χ1v) is 6.48. The zero-order valence-electron chi connectivity index (χ0n) is 11.3. The van der Waals surface area contributed by atoms with Gasteiger partial charge in [-0.3, -0.25) is 4.79 Å². The van der Waals surface area contributed by atoms with E-state index in [1.54, 1.807) is 13.3 Å². The maximum Gasteiger partial charge on any atom is 0.314 e. The number of aryl methyl sites for hydroxylation is 1. The molecule has 19 heavy (non-hydrogen) atoms. The van der Waals surface area contributed by atoms with Gasteiger partial charge in [0.05, 0.1) is 12.0 Å². The van der Waals surface area contributed by atoms with Gasteiger partial charge in [-0.1, -0.05) is 6.92 Å². The van der Waals surface area contributed by atoms with Gasteiger partial charge in [-0.05, 0) is 30.9 Å². The highest BCUT2D eigenvalue weighted by molar-refractivity contribution is 5.85. The maximum atomic E-state index is 11.5. The summed E-state index contributed by atoms with van der Waals surface area (Å²) in [6.45, 7) is 2.85. The molecule has 1 aliphatic rings. The lowest BCUT2D eigenvalue weighted by atomic mass is 9.95. The van der Waals surface area contributed by atoms with E-state index < -0.39 is 11.4 Å². The fourth-order valence-electron chi connectivity index (χ4n) is 2.09. The van der Waals surface area contributed by atoms with E-state index in [1.807, 2.05) is 13.0 Å². The Morgan fingerprint density at radius 1 is 1.47 bits per heavy atom. The molecule has 5 nitrogen and oxygen atoms in total. The number of hydrogen-bond acceptors (Lipinski definition) is 4. The van der Waals surface area contributed by atoms with Gasteiger partial charge in [-0.25, -0.2) is 4.98 Å². The molecule has 1 aromatic rings. The monoisotopic (exact) mass is 265 g/mol. The minimum absolute atomic E-state index is 0.373. The zero-order valence-corrected chi connectivity index (χ0v) is 11.3. The summed E-state index contributed by atoms with van der Waals surface area (Å²) >= 11 is 0. The topological polar surface area (TPSA) is 68.7 Å². The van der Waals surface area contributed by atoms with Gasteiger partial charge in [0.15, 0.2) is 0 Å². The van der Waals surface area contributed by atoms with Crippen LogP contribution in [0.15, 0.2) is 12.3 Å². The first kappa shape index (κ1) is 13.8. The lowest BCUT2D eigenvalue weighted by molar-refractivity contribution is -0.140. The predicted molar refractivity (Wildman–Crippen MR) is 69.5 cm³/mol. The molecule has 1 aliphatic carbocycles. The average molecular weight is 265 g/mol. The lowest BCUT2D eigenvalue weighted by Gasteiger charge is -2.16. The van der Waals surface area contributed by atoms with E-state index in [0.717, 1.165) is 12.0 Å². The Bertz CT molecular complexity index is 469. The van der Waals surface area contributed by atoms with Gasteiger partial charge in [-0.15, -0.1) is 0 Å². The van der Waals surface area contributed by atoms with Gasteiger partial charge < -0.3 is 14.6 Å². The summed E-state index contributed by atoms with van der Waals surface area (Å²) in [5.41, 5.74) is 0.942. The molecule has 0 bridgehead atoms. The molecular weight excluding hydrogens is 246 g/mol. The van der Waals surface area contributed by atoms with Gasteiger partial charge >= 0.3 is 5.97 Å². The van der Waals surface area contributed by atoms with Crippen LogP contribution in [-0.4, -0.2) is 36.4 Å². The van der Waals surface area contributed by atoms with Crippen molar-refractivity contribution in [3.63, 3.8) is 0 Å². The van der Waals surface area contributed by atoms with Gasteiger partial charge in [0.25, 0.3) is 0 Å². The van der Waals surface area contributed by atoms with Crippen molar-refractivity contribution in [3.05, 3.63) is 23.4 Å². The lowest BCUT2D eigenvalue weighted by Crippen LogP contribution is -2.22. The van der Waals surface area contributed by atoms with Crippen molar-refractivity contribution in [2.45, 2.75) is 31.6 Å². The minimum atomic E-state index is -0.792. The van der Waals surface area contributed by atoms with E-state index in [9.17, 15) is 9.90 Å². The second-order valence-electron chi connectivity index (χ2n) is 4.78. The van der Waals surface area contributed by atoms with E-state index in [-0.39, 0.29) is 0 Å². The molecule has 0 aliphatic heterocycles. The van der Waals surface area contributed by atoms with Crippen LogP contribution >= 0.6 is 0 Å². The fraction of sp³-hybridized carbons (Fsp3) is 0.571. The summed E-state index contributed by atoms with van der Waals surface area (Å²) in [6, 6.07) is 1.91. The van der Waals surface area contributed by atoms with Crippen LogP contribution in [0.4, 0.5) is 0 Å². The molecule has 1 aromatic heterocycles. The van der Waals surface area contributed by atoms with Crippen LogP contribution in [0.5, 0.6) is 5.88 Å². The van der Waals surface area contributed by atoms with Gasteiger partial charge in [0, 0.05) is 18.9 Å². The summed E-state index contributed by atoms with van der Waals surface area (Å²) in [7, 11) is 1.59. The number of rotatable bonds is 7. The molecule has 1 fully saturated rings. The smallest absolute Gasteiger partial charge is 0.314 e. The maximum absolute atomic E-state index is 11.5. The van der Waals surface area contributed by atoms with E-state index in [4.69, 9.17) is 9.47 Å². The van der Waals surface area contributed by atoms with Crippen LogP contribution in [-0.2, 0) is 21.4 Å². The highest BCUT2D eigenvalue weighted by atomic mass is 16.5. The normalized spacial score (nSPS) is 16.1. The van der Waals surface area contributed by atoms with Crippen molar-refractivity contribution in [3.8, 4) is 5.88 Å². The first-order chi connectivity index (χ1) is 9.14. The number of hydrogen-bond donors (Lipinski definition) is 1. The number of aliphatic carboxylic acids is 1. The molecule has 0 radical (unpaired) electrons. The van der Waals surface area contributed by atoms with Crippen LogP contribution in [0.2, 0.25) is 0 Å². The molecule has 0 saturated heterocycles. The van der Waals surface area contributed by atoms with E-state index >= 15 is 0 Å². The Morgan fingerprint density at radius 3 is 2.74 bits per heavy atom. The first-order valence-electron chi connectivity index (χ1n) is 6.48. The van der Waals surface area contributed by atoms with Gasteiger partial charge in [-0.2, -0.15) is 0 Å². The molecule has 0 aromatic carbocycles. The molecule has 0 unspecified atom stereocenters. The minimum Gasteiger partial charge on any atom is -0.481 e. The third-order valence-electron chi connectivity index (χ3n) is 3.52. The van der Waals surface area contributed by atoms with Crippen LogP contribution in [0.3, 0.4) is 0 Å². The van der Waals surface area contributed by atoms with Crippen molar-refractivity contribution in [1.82, 2.24) is 4.98 Å². The number of nitrogens with zero attached hydrogens (tertiary/aromatic N) is 1. The Hall–Kier alpha value is -1.62. The number of carboxylic acid groups (broad SMARTS) is 1. The van der Waals surface area contributed by atoms with Crippen LogP contribution in [0.25, 0.3) is 0 Å². The number of pyridine rings is 1. The summed E-state index contributed by atoms with van der Waals surface area (Å²) in [5.74, 6) is -0.367. The molecule has 5 heteroatoms. The third kappa shape index (κ3) is 2.71. The SMILES string of the molecule is CCc1cnc(OCCOC)c(C2(C(=O)O)CC2)c1. The summed E-state index contributed by atoms with van der Waals surface area (Å²) < 4.78 is 10.5. The number of carboxylic acids is 1. The van der Waals surface area contributed by atoms with Gasteiger partial charge in [0.1, 0.15) is 6.61 Å². The number of ether oxygens (including phenoxy) is 2. The highest BCUT2D eigenvalue weighted by Crippen LogP contribution is 2.51. The van der Waals surface area contributed by atoms with Gasteiger partial charge in [0.2, 0.25) is 5.88 Å². The van der Waals surface area contributed by atoms with Crippen LogP contribution in [0.1, 0.15) is 30.9 Å². The quantitative estimate of drug-likeness (QED) is 0.761.